The molecule has 0 saturated heterocycles. The van der Waals surface area contributed by atoms with Crippen molar-refractivity contribution in [3.63, 3.8) is 0 Å². The minimum atomic E-state index is -1.09. The number of halogens is 1. The maximum Gasteiger partial charge on any atom is 0.307 e. The predicted octanol–water partition coefficient (Wildman–Crippen LogP) is 1.71. The van der Waals surface area contributed by atoms with E-state index in [0.29, 0.717) is 17.3 Å². The Bertz CT molecular complexity index is 736. The van der Waals surface area contributed by atoms with Gasteiger partial charge in [0.15, 0.2) is 0 Å². The molecule has 0 bridgehead atoms. The van der Waals surface area contributed by atoms with E-state index >= 15 is 0 Å². The molecule has 0 unspecified atom stereocenters. The maximum atomic E-state index is 12.4. The Morgan fingerprint density at radius 2 is 2.17 bits per heavy atom. The van der Waals surface area contributed by atoms with E-state index in [9.17, 15) is 14.9 Å². The fourth-order valence-electron chi connectivity index (χ4n) is 1.92. The third kappa shape index (κ3) is 3.50. The molecule has 0 fully saturated rings. The van der Waals surface area contributed by atoms with Crippen LogP contribution < -0.4 is 5.32 Å². The number of nitrogens with one attached hydrogen (secondary N) is 1. The van der Waals surface area contributed by atoms with Gasteiger partial charge < -0.3 is 5.32 Å². The molecule has 23 heavy (non-hydrogen) atoms. The van der Waals surface area contributed by atoms with Gasteiger partial charge in [0, 0.05) is 12.7 Å². The average molecular weight is 341 g/mol. The van der Waals surface area contributed by atoms with E-state index in [4.69, 9.17) is 11.6 Å². The standard InChI is InChI=1S/C13H17ClN6O3/c1-4-18-8-10(14)11(17-18)6-15-12(21)13(2,3)19-7-9(5-16-19)20(22)23/h5,7-8H,4,6H2,1-3H3,(H,15,21). The van der Waals surface area contributed by atoms with Crippen molar-refractivity contribution >= 4 is 23.2 Å². The van der Waals surface area contributed by atoms with Crippen LogP contribution in [0.2, 0.25) is 5.02 Å². The van der Waals surface area contributed by atoms with Crippen molar-refractivity contribution in [1.82, 2.24) is 24.9 Å². The fourth-order valence-corrected chi connectivity index (χ4v) is 2.13. The average Bonchev–Trinajstić information content (AvgIpc) is 3.11. The minimum absolute atomic E-state index is 0.164. The SMILES string of the molecule is CCn1cc(Cl)c(CNC(=O)C(C)(C)n2cc([N+](=O)[O-])cn2)n1. The van der Waals surface area contributed by atoms with E-state index in [2.05, 4.69) is 15.5 Å². The molecule has 1 amide bonds. The van der Waals surface area contributed by atoms with E-state index in [1.54, 1.807) is 24.7 Å². The molecule has 0 atom stereocenters. The summed E-state index contributed by atoms with van der Waals surface area (Å²) in [7, 11) is 0. The first-order valence-electron chi connectivity index (χ1n) is 6.95. The third-order valence-corrected chi connectivity index (χ3v) is 3.75. The summed E-state index contributed by atoms with van der Waals surface area (Å²) in [6, 6.07) is 0. The highest BCUT2D eigenvalue weighted by molar-refractivity contribution is 6.31. The quantitative estimate of drug-likeness (QED) is 0.636. The molecule has 10 heteroatoms. The van der Waals surface area contributed by atoms with Crippen LogP contribution in [-0.2, 0) is 23.4 Å². The molecule has 0 aliphatic carbocycles. The Kier molecular flexibility index (Phi) is 4.69. The highest BCUT2D eigenvalue weighted by Gasteiger charge is 2.32. The van der Waals surface area contributed by atoms with Crippen molar-refractivity contribution in [2.24, 2.45) is 0 Å². The van der Waals surface area contributed by atoms with Crippen LogP contribution in [0.25, 0.3) is 0 Å². The van der Waals surface area contributed by atoms with E-state index < -0.39 is 10.5 Å². The third-order valence-electron chi connectivity index (χ3n) is 3.44. The van der Waals surface area contributed by atoms with Crippen LogP contribution in [0.15, 0.2) is 18.6 Å². The number of hydrogen-bond donors (Lipinski definition) is 1. The van der Waals surface area contributed by atoms with Gasteiger partial charge in [-0.05, 0) is 20.8 Å². The molecule has 0 radical (unpaired) electrons. The summed E-state index contributed by atoms with van der Waals surface area (Å²) in [5.41, 5.74) is -0.701. The number of hydrogen-bond acceptors (Lipinski definition) is 5. The molecule has 2 aromatic rings. The van der Waals surface area contributed by atoms with Crippen molar-refractivity contribution in [3.8, 4) is 0 Å². The molecule has 0 aliphatic rings. The lowest BCUT2D eigenvalue weighted by molar-refractivity contribution is -0.385. The van der Waals surface area contributed by atoms with E-state index in [1.807, 2.05) is 6.92 Å². The summed E-state index contributed by atoms with van der Waals surface area (Å²) >= 11 is 6.05. The molecule has 9 nitrogen and oxygen atoms in total. The number of nitro groups is 1. The van der Waals surface area contributed by atoms with Crippen LogP contribution in [0.1, 0.15) is 26.5 Å². The Labute approximate surface area is 137 Å². The second kappa shape index (κ2) is 6.37. The first kappa shape index (κ1) is 16.9. The maximum absolute atomic E-state index is 12.4. The lowest BCUT2D eigenvalue weighted by Crippen LogP contribution is -2.44. The van der Waals surface area contributed by atoms with Gasteiger partial charge >= 0.3 is 5.69 Å². The Balaban J connectivity index is 2.08. The van der Waals surface area contributed by atoms with Gasteiger partial charge in [-0.2, -0.15) is 10.2 Å². The van der Waals surface area contributed by atoms with Gasteiger partial charge in [0.25, 0.3) is 0 Å². The molecule has 0 aliphatic heterocycles. The van der Waals surface area contributed by atoms with Gasteiger partial charge in [0.2, 0.25) is 5.91 Å². The second-order valence-corrected chi connectivity index (χ2v) is 5.83. The normalized spacial score (nSPS) is 11.5. The Hall–Kier alpha value is -2.42. The smallest absolute Gasteiger partial charge is 0.307 e. The number of carbonyl (C=O) groups excluding carboxylic acids is 1. The number of aromatic nitrogens is 4. The fraction of sp³-hybridized carbons (Fsp3) is 0.462. The molecular weight excluding hydrogens is 324 g/mol. The molecule has 0 saturated carbocycles. The first-order chi connectivity index (χ1) is 10.8. The number of nitrogens with zero attached hydrogens (tertiary/aromatic N) is 5. The largest absolute Gasteiger partial charge is 0.348 e. The number of aryl methyl sites for hydroxylation is 1. The lowest BCUT2D eigenvalue weighted by Gasteiger charge is -2.23. The zero-order valence-electron chi connectivity index (χ0n) is 13.0. The Morgan fingerprint density at radius 3 is 2.70 bits per heavy atom. The summed E-state index contributed by atoms with van der Waals surface area (Å²) < 4.78 is 2.93. The van der Waals surface area contributed by atoms with Crippen LogP contribution in [0.3, 0.4) is 0 Å². The summed E-state index contributed by atoms with van der Waals surface area (Å²) in [5.74, 6) is -0.349. The Morgan fingerprint density at radius 1 is 1.48 bits per heavy atom. The molecule has 124 valence electrons. The van der Waals surface area contributed by atoms with Crippen LogP contribution in [0, 0.1) is 10.1 Å². The van der Waals surface area contributed by atoms with Crippen LogP contribution >= 0.6 is 11.6 Å². The number of carbonyl (C=O) groups is 1. The molecule has 0 aromatic carbocycles. The molecule has 1 N–H and O–H groups in total. The monoisotopic (exact) mass is 340 g/mol. The lowest BCUT2D eigenvalue weighted by atomic mass is 10.1. The van der Waals surface area contributed by atoms with E-state index in [-0.39, 0.29) is 18.1 Å². The highest BCUT2D eigenvalue weighted by atomic mass is 35.5. The number of rotatable bonds is 6. The van der Waals surface area contributed by atoms with Gasteiger partial charge in [0.05, 0.1) is 16.5 Å². The first-order valence-corrected chi connectivity index (χ1v) is 7.33. The van der Waals surface area contributed by atoms with E-state index in [0.717, 1.165) is 6.20 Å². The second-order valence-electron chi connectivity index (χ2n) is 5.42. The predicted molar refractivity (Wildman–Crippen MR) is 83.0 cm³/mol. The zero-order chi connectivity index (χ0) is 17.2. The summed E-state index contributed by atoms with van der Waals surface area (Å²) in [6.45, 7) is 6.00. The van der Waals surface area contributed by atoms with E-state index in [1.165, 1.54) is 10.9 Å². The van der Waals surface area contributed by atoms with Crippen molar-refractivity contribution in [3.05, 3.63) is 39.4 Å². The molecule has 2 aromatic heterocycles. The van der Waals surface area contributed by atoms with Crippen molar-refractivity contribution in [1.29, 1.82) is 0 Å². The molecular formula is C13H17ClN6O3. The summed E-state index contributed by atoms with van der Waals surface area (Å²) in [4.78, 5) is 22.5. The van der Waals surface area contributed by atoms with Crippen LogP contribution in [-0.4, -0.2) is 30.4 Å². The van der Waals surface area contributed by atoms with Crippen molar-refractivity contribution < 1.29 is 9.72 Å². The minimum Gasteiger partial charge on any atom is -0.348 e. The van der Waals surface area contributed by atoms with Gasteiger partial charge in [-0.3, -0.25) is 24.3 Å². The van der Waals surface area contributed by atoms with Gasteiger partial charge in [0.1, 0.15) is 23.6 Å². The van der Waals surface area contributed by atoms with Gasteiger partial charge in [-0.25, -0.2) is 0 Å². The van der Waals surface area contributed by atoms with Gasteiger partial charge in [-0.15, -0.1) is 0 Å². The molecule has 0 spiro atoms. The van der Waals surface area contributed by atoms with Crippen molar-refractivity contribution in [2.45, 2.75) is 39.4 Å². The van der Waals surface area contributed by atoms with Gasteiger partial charge in [-0.1, -0.05) is 11.6 Å². The van der Waals surface area contributed by atoms with Crippen LogP contribution in [0.4, 0.5) is 5.69 Å². The highest BCUT2D eigenvalue weighted by Crippen LogP contribution is 2.19. The van der Waals surface area contributed by atoms with Crippen LogP contribution in [0.5, 0.6) is 0 Å². The van der Waals surface area contributed by atoms with Crippen molar-refractivity contribution in [2.75, 3.05) is 0 Å². The number of amides is 1. The molecule has 2 heterocycles. The summed E-state index contributed by atoms with van der Waals surface area (Å²) in [5, 5.41) is 22.0. The zero-order valence-corrected chi connectivity index (χ0v) is 13.7. The topological polar surface area (TPSA) is 108 Å². The molecule has 2 rings (SSSR count). The summed E-state index contributed by atoms with van der Waals surface area (Å²) in [6.07, 6.45) is 4.01.